The average molecular weight is 305 g/mol. The first-order valence-corrected chi connectivity index (χ1v) is 6.54. The number of rotatable bonds is 2. The maximum Gasteiger partial charge on any atom is 0.416 e. The monoisotopic (exact) mass is 305 g/mol. The molecule has 1 heterocycles. The van der Waals surface area contributed by atoms with Crippen molar-refractivity contribution in [2.24, 2.45) is 0 Å². The number of hydrogen-bond donors (Lipinski definition) is 1. The van der Waals surface area contributed by atoms with Gasteiger partial charge >= 0.3 is 12.1 Å². The third-order valence-corrected chi connectivity index (χ3v) is 3.39. The Morgan fingerprint density at radius 1 is 1.38 bits per heavy atom. The van der Waals surface area contributed by atoms with Crippen molar-refractivity contribution in [3.05, 3.63) is 35.1 Å². The number of hydrogen-bond acceptors (Lipinski definition) is 3. The molecule has 1 fully saturated rings. The van der Waals surface area contributed by atoms with Gasteiger partial charge in [0.2, 0.25) is 0 Å². The molecule has 0 spiro atoms. The third kappa shape index (κ3) is 3.93. The van der Waals surface area contributed by atoms with Crippen LogP contribution in [0.3, 0.4) is 0 Å². The van der Waals surface area contributed by atoms with Crippen molar-refractivity contribution in [2.75, 3.05) is 6.54 Å². The predicted molar refractivity (Wildman–Crippen MR) is 66.9 cm³/mol. The van der Waals surface area contributed by atoms with E-state index in [0.29, 0.717) is 25.5 Å². The number of alkyl halides is 3. The van der Waals surface area contributed by atoms with Crippen molar-refractivity contribution < 1.29 is 27.1 Å². The molecule has 1 saturated heterocycles. The predicted octanol–water partition coefficient (Wildman–Crippen LogP) is 3.20. The summed E-state index contributed by atoms with van der Waals surface area (Å²) in [7, 11) is 0. The number of carbonyl (C=O) groups excluding carboxylic acids is 1. The number of nitrogens with one attached hydrogen (secondary N) is 1. The zero-order valence-electron chi connectivity index (χ0n) is 11.3. The van der Waals surface area contributed by atoms with Gasteiger partial charge in [-0.25, -0.2) is 4.39 Å². The second-order valence-electron chi connectivity index (χ2n) is 5.00. The molecular formula is C14H15F4NO2. The van der Waals surface area contributed by atoms with Gasteiger partial charge in [-0.1, -0.05) is 6.07 Å². The lowest BCUT2D eigenvalue weighted by atomic mass is 9.94. The smallest absolute Gasteiger partial charge is 0.416 e. The Morgan fingerprint density at radius 2 is 2.10 bits per heavy atom. The van der Waals surface area contributed by atoms with Crippen LogP contribution in [0.5, 0.6) is 0 Å². The summed E-state index contributed by atoms with van der Waals surface area (Å²) in [4.78, 5) is 10.9. The van der Waals surface area contributed by atoms with Crippen molar-refractivity contribution in [3.8, 4) is 0 Å². The van der Waals surface area contributed by atoms with Crippen molar-refractivity contribution in [2.45, 2.75) is 38.1 Å². The van der Waals surface area contributed by atoms with E-state index in [2.05, 4.69) is 5.32 Å². The van der Waals surface area contributed by atoms with Crippen LogP contribution in [-0.4, -0.2) is 18.6 Å². The Morgan fingerprint density at radius 3 is 2.67 bits per heavy atom. The van der Waals surface area contributed by atoms with Gasteiger partial charge in [-0.2, -0.15) is 13.2 Å². The molecule has 0 amide bonds. The summed E-state index contributed by atoms with van der Waals surface area (Å²) in [5, 5.41) is 3.03. The number of esters is 1. The fourth-order valence-electron chi connectivity index (χ4n) is 2.45. The first-order chi connectivity index (χ1) is 9.77. The van der Waals surface area contributed by atoms with Gasteiger partial charge in [0.05, 0.1) is 5.56 Å². The molecule has 0 saturated carbocycles. The maximum absolute atomic E-state index is 13.9. The molecule has 0 aromatic heterocycles. The second kappa shape index (κ2) is 6.01. The molecule has 2 unspecified atom stereocenters. The van der Waals surface area contributed by atoms with E-state index in [0.717, 1.165) is 12.1 Å². The normalized spacial score (nSPS) is 22.9. The summed E-state index contributed by atoms with van der Waals surface area (Å²) in [6, 6.07) is 2.01. The van der Waals surface area contributed by atoms with Crippen molar-refractivity contribution >= 4 is 5.97 Å². The van der Waals surface area contributed by atoms with E-state index in [-0.39, 0.29) is 11.7 Å². The number of carbonyl (C=O) groups is 1. The average Bonchev–Trinajstić information content (AvgIpc) is 2.37. The molecule has 3 nitrogen and oxygen atoms in total. The van der Waals surface area contributed by atoms with E-state index in [1.807, 2.05) is 0 Å². The van der Waals surface area contributed by atoms with Crippen molar-refractivity contribution in [1.82, 2.24) is 5.32 Å². The van der Waals surface area contributed by atoms with Crippen LogP contribution in [0, 0.1) is 5.82 Å². The molecule has 2 rings (SSSR count). The number of halogens is 4. The van der Waals surface area contributed by atoms with Gasteiger partial charge in [0.25, 0.3) is 0 Å². The molecule has 2 atom stereocenters. The largest absolute Gasteiger partial charge is 0.462 e. The molecule has 7 heteroatoms. The lowest BCUT2D eigenvalue weighted by Crippen LogP contribution is -2.36. The van der Waals surface area contributed by atoms with E-state index in [1.165, 1.54) is 6.92 Å². The molecule has 0 aliphatic carbocycles. The summed E-state index contributed by atoms with van der Waals surface area (Å²) in [5.74, 6) is -1.33. The lowest BCUT2D eigenvalue weighted by molar-refractivity contribution is -0.148. The molecule has 1 N–H and O–H groups in total. The van der Waals surface area contributed by atoms with Crippen LogP contribution in [0.15, 0.2) is 18.2 Å². The van der Waals surface area contributed by atoms with Gasteiger partial charge in [-0.15, -0.1) is 0 Å². The van der Waals surface area contributed by atoms with E-state index in [4.69, 9.17) is 4.74 Å². The van der Waals surface area contributed by atoms with Crippen LogP contribution in [0.1, 0.15) is 36.9 Å². The molecule has 1 aromatic carbocycles. The van der Waals surface area contributed by atoms with Gasteiger partial charge in [-0.3, -0.25) is 4.79 Å². The van der Waals surface area contributed by atoms with Crippen LogP contribution in [0.25, 0.3) is 0 Å². The van der Waals surface area contributed by atoms with Crippen LogP contribution in [0.2, 0.25) is 0 Å². The highest BCUT2D eigenvalue weighted by Crippen LogP contribution is 2.33. The molecule has 0 radical (unpaired) electrons. The van der Waals surface area contributed by atoms with Gasteiger partial charge < -0.3 is 10.1 Å². The number of piperidine rings is 1. The van der Waals surface area contributed by atoms with E-state index in [1.54, 1.807) is 0 Å². The third-order valence-electron chi connectivity index (χ3n) is 3.39. The zero-order valence-corrected chi connectivity index (χ0v) is 11.3. The minimum absolute atomic E-state index is 0.153. The summed E-state index contributed by atoms with van der Waals surface area (Å²) < 4.78 is 56.5. The summed E-state index contributed by atoms with van der Waals surface area (Å²) >= 11 is 0. The van der Waals surface area contributed by atoms with E-state index in [9.17, 15) is 22.4 Å². The molecule has 21 heavy (non-hydrogen) atoms. The van der Waals surface area contributed by atoms with Crippen LogP contribution >= 0.6 is 0 Å². The van der Waals surface area contributed by atoms with Crippen LogP contribution in [0.4, 0.5) is 17.6 Å². The number of benzene rings is 1. The Labute approximate surface area is 119 Å². The van der Waals surface area contributed by atoms with Gasteiger partial charge in [-0.05, 0) is 25.1 Å². The minimum Gasteiger partial charge on any atom is -0.462 e. The van der Waals surface area contributed by atoms with E-state index >= 15 is 0 Å². The SMILES string of the molecule is CC(=O)OC1CCNC(c2ccc(C(F)(F)F)cc2F)C1. The summed E-state index contributed by atoms with van der Waals surface area (Å²) in [6.45, 7) is 1.79. The Bertz CT molecular complexity index is 530. The Kier molecular flexibility index (Phi) is 4.51. The first kappa shape index (κ1) is 15.8. The molecule has 116 valence electrons. The fourth-order valence-corrected chi connectivity index (χ4v) is 2.45. The second-order valence-corrected chi connectivity index (χ2v) is 5.00. The highest BCUT2D eigenvalue weighted by molar-refractivity contribution is 5.66. The minimum atomic E-state index is -4.57. The molecule has 0 bridgehead atoms. The van der Waals surface area contributed by atoms with Gasteiger partial charge in [0.1, 0.15) is 11.9 Å². The van der Waals surface area contributed by atoms with E-state index < -0.39 is 29.6 Å². The number of ether oxygens (including phenoxy) is 1. The topological polar surface area (TPSA) is 38.3 Å². The molecule has 1 aliphatic heterocycles. The van der Waals surface area contributed by atoms with Crippen LogP contribution < -0.4 is 5.32 Å². The van der Waals surface area contributed by atoms with Crippen LogP contribution in [-0.2, 0) is 15.7 Å². The van der Waals surface area contributed by atoms with Crippen molar-refractivity contribution in [1.29, 1.82) is 0 Å². The molecular weight excluding hydrogens is 290 g/mol. The molecule has 1 aliphatic rings. The lowest BCUT2D eigenvalue weighted by Gasteiger charge is -2.30. The highest BCUT2D eigenvalue weighted by atomic mass is 19.4. The van der Waals surface area contributed by atoms with Crippen molar-refractivity contribution in [3.63, 3.8) is 0 Å². The van der Waals surface area contributed by atoms with Gasteiger partial charge in [0.15, 0.2) is 0 Å². The summed E-state index contributed by atoms with van der Waals surface area (Å²) in [5.41, 5.74) is -0.865. The summed E-state index contributed by atoms with van der Waals surface area (Å²) in [6.07, 6.45) is -3.99. The zero-order chi connectivity index (χ0) is 15.6. The Hall–Kier alpha value is -1.63. The fraction of sp³-hybridized carbons (Fsp3) is 0.500. The highest BCUT2D eigenvalue weighted by Gasteiger charge is 2.32. The quantitative estimate of drug-likeness (QED) is 0.673. The maximum atomic E-state index is 13.9. The Balaban J connectivity index is 2.16. The first-order valence-electron chi connectivity index (χ1n) is 6.54. The molecule has 1 aromatic rings. The standard InChI is InChI=1S/C14H15F4NO2/c1-8(20)21-10-4-5-19-13(7-10)11-3-2-9(6-12(11)15)14(16,17)18/h2-3,6,10,13,19H,4-5,7H2,1H3. The van der Waals surface area contributed by atoms with Gasteiger partial charge in [0, 0.05) is 24.9 Å².